The van der Waals surface area contributed by atoms with E-state index in [1.54, 1.807) is 0 Å². The molecule has 2 nitrogen and oxygen atoms in total. The molecule has 148 valence electrons. The molecule has 2 aliphatic heterocycles. The first-order valence-electron chi connectivity index (χ1n) is 11.8. The molecule has 0 unspecified atom stereocenters. The minimum absolute atomic E-state index is 1.37. The highest BCUT2D eigenvalue weighted by Gasteiger charge is 2.23. The second kappa shape index (κ2) is 11.6. The Hall–Kier alpha value is -0.0800. The van der Waals surface area contributed by atoms with Crippen molar-refractivity contribution in [3.05, 3.63) is 0 Å². The molecule has 2 aliphatic rings. The number of quaternary nitrogens is 2. The van der Waals surface area contributed by atoms with Crippen molar-refractivity contribution in [2.75, 3.05) is 53.4 Å². The Morgan fingerprint density at radius 2 is 0.680 bits per heavy atom. The van der Waals surface area contributed by atoms with E-state index in [-0.39, 0.29) is 0 Å². The Morgan fingerprint density at radius 3 is 1.04 bits per heavy atom. The predicted octanol–water partition coefficient (Wildman–Crippen LogP) is 5.76. The van der Waals surface area contributed by atoms with Gasteiger partial charge in [-0.05, 0) is 77.0 Å². The van der Waals surface area contributed by atoms with Crippen LogP contribution in [0.1, 0.15) is 96.3 Å². The molecule has 2 saturated heterocycles. The summed E-state index contributed by atoms with van der Waals surface area (Å²) in [6.45, 7) is 8.64. The second-order valence-corrected chi connectivity index (χ2v) is 9.88. The molecular formula is C23H48N2+2. The summed E-state index contributed by atoms with van der Waals surface area (Å²) in [4.78, 5) is 0. The lowest BCUT2D eigenvalue weighted by atomic mass is 10.0. The Kier molecular flexibility index (Phi) is 9.84. The van der Waals surface area contributed by atoms with Gasteiger partial charge in [0.2, 0.25) is 0 Å². The maximum Gasteiger partial charge on any atom is 0.0784 e. The molecule has 0 N–H and O–H groups in total. The van der Waals surface area contributed by atoms with Gasteiger partial charge in [-0.2, -0.15) is 0 Å². The van der Waals surface area contributed by atoms with E-state index in [0.29, 0.717) is 0 Å². The fourth-order valence-electron chi connectivity index (χ4n) is 5.22. The first-order valence-corrected chi connectivity index (χ1v) is 11.8. The first-order chi connectivity index (χ1) is 12.1. The molecule has 25 heavy (non-hydrogen) atoms. The third-order valence-electron chi connectivity index (χ3n) is 7.19. The van der Waals surface area contributed by atoms with Gasteiger partial charge in [-0.1, -0.05) is 19.3 Å². The van der Waals surface area contributed by atoms with Crippen LogP contribution in [0.4, 0.5) is 0 Å². The SMILES string of the molecule is C[N+]1(CCCCCCC[N+]2(C)CCCCCCC2)CCCCCCC1. The fourth-order valence-corrected chi connectivity index (χ4v) is 5.22. The summed E-state index contributed by atoms with van der Waals surface area (Å²) in [6.07, 6.45) is 22.1. The van der Waals surface area contributed by atoms with Gasteiger partial charge < -0.3 is 8.97 Å². The molecule has 2 heteroatoms. The van der Waals surface area contributed by atoms with E-state index < -0.39 is 0 Å². The van der Waals surface area contributed by atoms with Crippen LogP contribution in [0, 0.1) is 0 Å². The number of unbranched alkanes of at least 4 members (excludes halogenated alkanes) is 4. The largest absolute Gasteiger partial charge is 0.326 e. The third-order valence-corrected chi connectivity index (χ3v) is 7.19. The minimum atomic E-state index is 1.37. The standard InChI is InChI=1S/C23H48N2/c1-24(18-12-6-3-7-13-19-24)22-16-10-5-11-17-23-25(2)20-14-8-4-9-15-21-25/h3-23H2,1-2H3/q+2. The lowest BCUT2D eigenvalue weighted by Crippen LogP contribution is -2.47. The average molecular weight is 353 g/mol. The lowest BCUT2D eigenvalue weighted by Gasteiger charge is -2.36. The van der Waals surface area contributed by atoms with Gasteiger partial charge in [0.1, 0.15) is 0 Å². The van der Waals surface area contributed by atoms with Crippen molar-refractivity contribution in [3.8, 4) is 0 Å². The van der Waals surface area contributed by atoms with Crippen LogP contribution in [0.5, 0.6) is 0 Å². The van der Waals surface area contributed by atoms with Crippen molar-refractivity contribution >= 4 is 0 Å². The minimum Gasteiger partial charge on any atom is -0.326 e. The van der Waals surface area contributed by atoms with Gasteiger partial charge in [-0.3, -0.25) is 0 Å². The van der Waals surface area contributed by atoms with Crippen LogP contribution in [0.3, 0.4) is 0 Å². The van der Waals surface area contributed by atoms with E-state index in [9.17, 15) is 0 Å². The molecule has 0 bridgehead atoms. The fraction of sp³-hybridized carbons (Fsp3) is 1.00. The smallest absolute Gasteiger partial charge is 0.0784 e. The summed E-state index contributed by atoms with van der Waals surface area (Å²) in [7, 11) is 5.05. The van der Waals surface area contributed by atoms with E-state index in [0.717, 1.165) is 0 Å². The molecule has 0 atom stereocenters. The zero-order valence-electron chi connectivity index (χ0n) is 17.7. The number of nitrogens with zero attached hydrogens (tertiary/aromatic N) is 2. The topological polar surface area (TPSA) is 0 Å². The monoisotopic (exact) mass is 352 g/mol. The maximum absolute atomic E-state index is 2.53. The van der Waals surface area contributed by atoms with Crippen LogP contribution in [-0.2, 0) is 0 Å². The molecule has 0 aromatic carbocycles. The Labute approximate surface area is 159 Å². The summed E-state index contributed by atoms with van der Waals surface area (Å²) < 4.78 is 2.74. The van der Waals surface area contributed by atoms with E-state index in [1.807, 2.05) is 0 Å². The number of hydrogen-bond donors (Lipinski definition) is 0. The Balaban J connectivity index is 1.52. The highest BCUT2D eigenvalue weighted by Crippen LogP contribution is 2.19. The van der Waals surface area contributed by atoms with Gasteiger partial charge in [0.15, 0.2) is 0 Å². The number of rotatable bonds is 8. The molecule has 0 amide bonds. The summed E-state index contributed by atoms with van der Waals surface area (Å²) in [5.41, 5.74) is 0. The molecule has 2 rings (SSSR count). The molecular weight excluding hydrogens is 304 g/mol. The molecule has 2 heterocycles. The van der Waals surface area contributed by atoms with Gasteiger partial charge >= 0.3 is 0 Å². The van der Waals surface area contributed by atoms with E-state index in [1.165, 1.54) is 145 Å². The summed E-state index contributed by atoms with van der Waals surface area (Å²) >= 11 is 0. The molecule has 0 aliphatic carbocycles. The molecule has 0 aromatic rings. The highest BCUT2D eigenvalue weighted by molar-refractivity contribution is 4.54. The van der Waals surface area contributed by atoms with Crippen LogP contribution in [0.15, 0.2) is 0 Å². The highest BCUT2D eigenvalue weighted by atomic mass is 15.3. The Bertz CT molecular complexity index is 291. The van der Waals surface area contributed by atoms with Crippen molar-refractivity contribution in [2.45, 2.75) is 96.3 Å². The zero-order chi connectivity index (χ0) is 17.8. The summed E-state index contributed by atoms with van der Waals surface area (Å²) in [5, 5.41) is 0. The Morgan fingerprint density at radius 1 is 0.400 bits per heavy atom. The summed E-state index contributed by atoms with van der Waals surface area (Å²) in [5.74, 6) is 0. The van der Waals surface area contributed by atoms with Crippen molar-refractivity contribution in [3.63, 3.8) is 0 Å². The van der Waals surface area contributed by atoms with Crippen LogP contribution < -0.4 is 0 Å². The quantitative estimate of drug-likeness (QED) is 0.385. The van der Waals surface area contributed by atoms with E-state index in [4.69, 9.17) is 0 Å². The number of likely N-dealkylation sites (tertiary alicyclic amines) is 2. The molecule has 0 radical (unpaired) electrons. The molecule has 2 fully saturated rings. The third kappa shape index (κ3) is 8.91. The number of hydrogen-bond acceptors (Lipinski definition) is 0. The maximum atomic E-state index is 2.53. The van der Waals surface area contributed by atoms with Gasteiger partial charge in [0, 0.05) is 0 Å². The molecule has 0 spiro atoms. The van der Waals surface area contributed by atoms with Crippen molar-refractivity contribution in [2.24, 2.45) is 0 Å². The van der Waals surface area contributed by atoms with Crippen LogP contribution in [0.2, 0.25) is 0 Å². The average Bonchev–Trinajstić information content (AvgIpc) is 2.55. The normalized spacial score (nSPS) is 24.7. The van der Waals surface area contributed by atoms with Gasteiger partial charge in [-0.25, -0.2) is 0 Å². The second-order valence-electron chi connectivity index (χ2n) is 9.88. The van der Waals surface area contributed by atoms with Crippen LogP contribution in [-0.4, -0.2) is 62.3 Å². The van der Waals surface area contributed by atoms with E-state index in [2.05, 4.69) is 14.1 Å². The van der Waals surface area contributed by atoms with Crippen molar-refractivity contribution in [1.29, 1.82) is 0 Å². The lowest BCUT2D eigenvalue weighted by molar-refractivity contribution is -0.910. The molecule has 0 aromatic heterocycles. The van der Waals surface area contributed by atoms with Crippen LogP contribution in [0.25, 0.3) is 0 Å². The predicted molar refractivity (Wildman–Crippen MR) is 111 cm³/mol. The first kappa shape index (κ1) is 21.2. The van der Waals surface area contributed by atoms with Crippen LogP contribution >= 0.6 is 0 Å². The van der Waals surface area contributed by atoms with Gasteiger partial charge in [0.05, 0.1) is 53.4 Å². The van der Waals surface area contributed by atoms with E-state index >= 15 is 0 Å². The van der Waals surface area contributed by atoms with Crippen molar-refractivity contribution in [1.82, 2.24) is 0 Å². The van der Waals surface area contributed by atoms with Crippen molar-refractivity contribution < 1.29 is 8.97 Å². The summed E-state index contributed by atoms with van der Waals surface area (Å²) in [6, 6.07) is 0. The zero-order valence-corrected chi connectivity index (χ0v) is 17.7. The van der Waals surface area contributed by atoms with Gasteiger partial charge in [0.25, 0.3) is 0 Å². The van der Waals surface area contributed by atoms with Gasteiger partial charge in [-0.15, -0.1) is 0 Å². The molecule has 0 saturated carbocycles.